The number of rotatable bonds is 3. The number of benzene rings is 1. The van der Waals surface area contributed by atoms with Gasteiger partial charge in [-0.05, 0) is 37.1 Å². The van der Waals surface area contributed by atoms with Crippen LogP contribution in [0.2, 0.25) is 0 Å². The van der Waals surface area contributed by atoms with Crippen LogP contribution in [0.25, 0.3) is 17.2 Å². The molecule has 28 heavy (non-hydrogen) atoms. The summed E-state index contributed by atoms with van der Waals surface area (Å²) < 4.78 is 12.7. The number of para-hydroxylation sites is 2. The topological polar surface area (TPSA) is 90.2 Å². The largest absolute Gasteiger partial charge is 0.459 e. The van der Waals surface area contributed by atoms with Crippen molar-refractivity contribution in [1.82, 2.24) is 19.7 Å². The normalized spacial score (nSPS) is 15.4. The Morgan fingerprint density at radius 2 is 1.96 bits per heavy atom. The van der Waals surface area contributed by atoms with E-state index in [0.717, 1.165) is 29.9 Å². The van der Waals surface area contributed by atoms with Crippen LogP contribution in [-0.2, 0) is 6.54 Å². The van der Waals surface area contributed by atoms with Gasteiger partial charge >= 0.3 is 0 Å². The average molecular weight is 373 g/mol. The Bertz CT molecular complexity index is 1190. The Hall–Kier alpha value is -3.68. The number of aromatic nitrogens is 4. The summed E-state index contributed by atoms with van der Waals surface area (Å²) in [6.45, 7) is 0.333. The van der Waals surface area contributed by atoms with Gasteiger partial charge in [-0.3, -0.25) is 14.3 Å². The van der Waals surface area contributed by atoms with Crippen LogP contribution in [0, 0.1) is 0 Å². The zero-order valence-electron chi connectivity index (χ0n) is 14.8. The van der Waals surface area contributed by atoms with E-state index in [9.17, 15) is 4.79 Å². The van der Waals surface area contributed by atoms with Gasteiger partial charge in [0, 0.05) is 5.92 Å². The molecule has 1 fully saturated rings. The van der Waals surface area contributed by atoms with E-state index >= 15 is 0 Å². The number of hydrogen-bond donors (Lipinski definition) is 0. The Kier molecular flexibility index (Phi) is 3.11. The van der Waals surface area contributed by atoms with Crippen LogP contribution >= 0.6 is 0 Å². The zero-order chi connectivity index (χ0) is 18.7. The maximum Gasteiger partial charge on any atom is 0.294 e. The fourth-order valence-electron chi connectivity index (χ4n) is 3.59. The highest BCUT2D eigenvalue weighted by Crippen LogP contribution is 2.40. The van der Waals surface area contributed by atoms with E-state index in [2.05, 4.69) is 15.1 Å². The van der Waals surface area contributed by atoms with E-state index in [-0.39, 0.29) is 5.91 Å². The summed E-state index contributed by atoms with van der Waals surface area (Å²) in [4.78, 5) is 23.8. The second kappa shape index (κ2) is 5.66. The van der Waals surface area contributed by atoms with E-state index in [4.69, 9.17) is 8.94 Å². The van der Waals surface area contributed by atoms with Crippen molar-refractivity contribution in [1.29, 1.82) is 0 Å². The molecular weight excluding hydrogens is 358 g/mol. The molecule has 8 nitrogen and oxygen atoms in total. The molecule has 8 heteroatoms. The molecular formula is C20H15N5O3. The summed E-state index contributed by atoms with van der Waals surface area (Å²) in [6, 6.07) is 11.1. The summed E-state index contributed by atoms with van der Waals surface area (Å²) >= 11 is 0. The van der Waals surface area contributed by atoms with Gasteiger partial charge in [0.2, 0.25) is 11.7 Å². The summed E-state index contributed by atoms with van der Waals surface area (Å²) in [5, 5.41) is 4.12. The SMILES string of the molecule is O=C(c1ccco1)N1Cc2c(-c3noc(C4CC4)n3)ncn2-c2ccccc21. The predicted octanol–water partition coefficient (Wildman–Crippen LogP) is 3.55. The molecule has 4 aromatic rings. The molecule has 6 rings (SSSR count). The molecule has 138 valence electrons. The third-order valence-corrected chi connectivity index (χ3v) is 5.16. The van der Waals surface area contributed by atoms with E-state index in [1.807, 2.05) is 28.8 Å². The van der Waals surface area contributed by atoms with Crippen molar-refractivity contribution in [2.45, 2.75) is 25.3 Å². The Morgan fingerprint density at radius 1 is 1.11 bits per heavy atom. The molecule has 4 heterocycles. The highest BCUT2D eigenvalue weighted by molar-refractivity contribution is 6.05. The van der Waals surface area contributed by atoms with Gasteiger partial charge in [-0.15, -0.1) is 0 Å². The van der Waals surface area contributed by atoms with Gasteiger partial charge in [0.05, 0.1) is 29.9 Å². The standard InChI is InChI=1S/C20H15N5O3/c26-20(16-6-3-9-27-16)24-10-15-17(18-22-19(28-23-18)12-7-8-12)21-11-25(15)14-5-2-1-4-13(14)24/h1-6,9,11-12H,7-8,10H2. The van der Waals surface area contributed by atoms with Crippen LogP contribution in [0.3, 0.4) is 0 Å². The van der Waals surface area contributed by atoms with Crippen LogP contribution < -0.4 is 4.90 Å². The molecule has 1 aliphatic carbocycles. The molecule has 0 bridgehead atoms. The van der Waals surface area contributed by atoms with Crippen LogP contribution in [0.4, 0.5) is 5.69 Å². The van der Waals surface area contributed by atoms with Crippen LogP contribution in [-0.4, -0.2) is 25.6 Å². The second-order valence-corrected chi connectivity index (χ2v) is 7.00. The van der Waals surface area contributed by atoms with Gasteiger partial charge in [-0.2, -0.15) is 4.98 Å². The number of amides is 1. The number of carbonyl (C=O) groups excluding carboxylic acids is 1. The number of carbonyl (C=O) groups is 1. The minimum Gasteiger partial charge on any atom is -0.459 e. The van der Waals surface area contributed by atoms with Crippen molar-refractivity contribution in [3.05, 3.63) is 66.3 Å². The molecule has 0 unspecified atom stereocenters. The Labute approximate surface area is 159 Å². The molecule has 0 atom stereocenters. The lowest BCUT2D eigenvalue weighted by Crippen LogP contribution is -2.34. The summed E-state index contributed by atoms with van der Waals surface area (Å²) in [5.41, 5.74) is 3.13. The molecule has 1 aliphatic heterocycles. The minimum atomic E-state index is -0.206. The predicted molar refractivity (Wildman–Crippen MR) is 98.1 cm³/mol. The third kappa shape index (κ3) is 2.24. The van der Waals surface area contributed by atoms with Gasteiger partial charge in [0.1, 0.15) is 12.0 Å². The van der Waals surface area contributed by atoms with Crippen molar-refractivity contribution in [2.24, 2.45) is 0 Å². The third-order valence-electron chi connectivity index (χ3n) is 5.16. The summed E-state index contributed by atoms with van der Waals surface area (Å²) in [5.74, 6) is 1.58. The second-order valence-electron chi connectivity index (χ2n) is 7.00. The highest BCUT2D eigenvalue weighted by Gasteiger charge is 2.34. The van der Waals surface area contributed by atoms with Gasteiger partial charge in [0.25, 0.3) is 5.91 Å². The van der Waals surface area contributed by atoms with E-state index in [0.29, 0.717) is 35.6 Å². The van der Waals surface area contributed by atoms with E-state index in [1.54, 1.807) is 23.4 Å². The first-order chi connectivity index (χ1) is 13.8. The molecule has 0 spiro atoms. The van der Waals surface area contributed by atoms with Crippen LogP contribution in [0.15, 0.2) is 57.9 Å². The Balaban J connectivity index is 1.47. The number of hydrogen-bond acceptors (Lipinski definition) is 6. The minimum absolute atomic E-state index is 0.206. The Morgan fingerprint density at radius 3 is 2.75 bits per heavy atom. The molecule has 2 aliphatic rings. The number of fused-ring (bicyclic) bond motifs is 3. The van der Waals surface area contributed by atoms with E-state index in [1.165, 1.54) is 6.26 Å². The number of imidazole rings is 1. The van der Waals surface area contributed by atoms with Gasteiger partial charge in [-0.25, -0.2) is 4.98 Å². The fourth-order valence-corrected chi connectivity index (χ4v) is 3.59. The lowest BCUT2D eigenvalue weighted by molar-refractivity contribution is 0.0957. The molecule has 0 radical (unpaired) electrons. The molecule has 1 saturated carbocycles. The molecule has 1 amide bonds. The monoisotopic (exact) mass is 373 g/mol. The first-order valence-electron chi connectivity index (χ1n) is 9.14. The van der Waals surface area contributed by atoms with Crippen LogP contribution in [0.1, 0.15) is 40.9 Å². The molecule has 1 aromatic carbocycles. The number of nitrogens with zero attached hydrogens (tertiary/aromatic N) is 5. The fraction of sp³-hybridized carbons (Fsp3) is 0.200. The summed E-state index contributed by atoms with van der Waals surface area (Å²) in [7, 11) is 0. The molecule has 3 aromatic heterocycles. The van der Waals surface area contributed by atoms with Crippen molar-refractivity contribution >= 4 is 11.6 Å². The molecule has 0 saturated heterocycles. The van der Waals surface area contributed by atoms with Gasteiger partial charge in [-0.1, -0.05) is 17.3 Å². The zero-order valence-corrected chi connectivity index (χ0v) is 14.8. The van der Waals surface area contributed by atoms with Crippen LogP contribution in [0.5, 0.6) is 0 Å². The van der Waals surface area contributed by atoms with Gasteiger partial charge in [0.15, 0.2) is 5.76 Å². The van der Waals surface area contributed by atoms with Crippen molar-refractivity contribution in [3.8, 4) is 17.2 Å². The average Bonchev–Trinajstić information content (AvgIpc) is 3.16. The maximum atomic E-state index is 13.1. The molecule has 0 N–H and O–H groups in total. The first-order valence-corrected chi connectivity index (χ1v) is 9.14. The highest BCUT2D eigenvalue weighted by atomic mass is 16.5. The van der Waals surface area contributed by atoms with E-state index < -0.39 is 0 Å². The number of anilines is 1. The lowest BCUT2D eigenvalue weighted by Gasteiger charge is -2.30. The van der Waals surface area contributed by atoms with Crippen molar-refractivity contribution in [3.63, 3.8) is 0 Å². The lowest BCUT2D eigenvalue weighted by atomic mass is 10.1. The van der Waals surface area contributed by atoms with Crippen molar-refractivity contribution < 1.29 is 13.7 Å². The maximum absolute atomic E-state index is 13.1. The van der Waals surface area contributed by atoms with Gasteiger partial charge < -0.3 is 8.94 Å². The van der Waals surface area contributed by atoms with Crippen molar-refractivity contribution in [2.75, 3.05) is 4.90 Å². The summed E-state index contributed by atoms with van der Waals surface area (Å²) in [6.07, 6.45) is 5.41. The smallest absolute Gasteiger partial charge is 0.294 e. The quantitative estimate of drug-likeness (QED) is 0.545. The number of furan rings is 1. The first kappa shape index (κ1) is 15.4.